The van der Waals surface area contributed by atoms with Crippen LogP contribution < -0.4 is 10.6 Å². The zero-order valence-corrected chi connectivity index (χ0v) is 17.5. The quantitative estimate of drug-likeness (QED) is 0.602. The van der Waals surface area contributed by atoms with E-state index < -0.39 is 6.09 Å². The maximum Gasteiger partial charge on any atom is 0.411 e. The average molecular weight is 401 g/mol. The molecule has 0 radical (unpaired) electrons. The molecule has 0 saturated carbocycles. The van der Waals surface area contributed by atoms with E-state index in [0.717, 1.165) is 12.1 Å². The Morgan fingerprint density at radius 2 is 1.47 bits per heavy atom. The number of hydrogen-bond donors (Lipinski definition) is 2. The SMILES string of the molecule is Cc1ccc(C(c2ccc(C)cc2)[C@H]2C[C@@H](OC(=O)Nc3ccccc3)CN2)cc1. The molecule has 1 amide bonds. The zero-order chi connectivity index (χ0) is 20.9. The molecule has 2 N–H and O–H groups in total. The molecule has 4 heteroatoms. The lowest BCUT2D eigenvalue weighted by Crippen LogP contribution is -2.29. The van der Waals surface area contributed by atoms with E-state index in [0.29, 0.717) is 6.54 Å². The van der Waals surface area contributed by atoms with Gasteiger partial charge in [-0.1, -0.05) is 77.9 Å². The molecule has 2 atom stereocenters. The van der Waals surface area contributed by atoms with E-state index in [1.807, 2.05) is 30.3 Å². The number of amides is 1. The van der Waals surface area contributed by atoms with Gasteiger partial charge in [-0.25, -0.2) is 4.79 Å². The lowest BCUT2D eigenvalue weighted by Gasteiger charge is -2.25. The predicted molar refractivity (Wildman–Crippen MR) is 121 cm³/mol. The van der Waals surface area contributed by atoms with Gasteiger partial charge in [0, 0.05) is 30.6 Å². The molecule has 1 aliphatic heterocycles. The predicted octanol–water partition coefficient (Wildman–Crippen LogP) is 5.41. The summed E-state index contributed by atoms with van der Waals surface area (Å²) in [4.78, 5) is 12.3. The number of aryl methyl sites for hydroxylation is 2. The van der Waals surface area contributed by atoms with E-state index in [2.05, 4.69) is 73.0 Å². The van der Waals surface area contributed by atoms with Gasteiger partial charge >= 0.3 is 6.09 Å². The van der Waals surface area contributed by atoms with Crippen LogP contribution in [0.1, 0.15) is 34.6 Å². The second-order valence-electron chi connectivity index (χ2n) is 8.07. The monoisotopic (exact) mass is 400 g/mol. The zero-order valence-electron chi connectivity index (χ0n) is 17.5. The van der Waals surface area contributed by atoms with Crippen molar-refractivity contribution in [3.63, 3.8) is 0 Å². The van der Waals surface area contributed by atoms with Crippen molar-refractivity contribution in [3.05, 3.63) is 101 Å². The largest absolute Gasteiger partial charge is 0.445 e. The van der Waals surface area contributed by atoms with E-state index >= 15 is 0 Å². The molecule has 0 aliphatic carbocycles. The van der Waals surface area contributed by atoms with Crippen molar-refractivity contribution in [3.8, 4) is 0 Å². The molecule has 0 spiro atoms. The van der Waals surface area contributed by atoms with Crippen molar-refractivity contribution in [2.75, 3.05) is 11.9 Å². The summed E-state index contributed by atoms with van der Waals surface area (Å²) in [6.07, 6.45) is 0.210. The fourth-order valence-electron chi connectivity index (χ4n) is 4.10. The van der Waals surface area contributed by atoms with Crippen LogP contribution in [0.15, 0.2) is 78.9 Å². The standard InChI is InChI=1S/C26H28N2O2/c1-18-8-12-20(13-9-18)25(21-14-10-19(2)11-15-21)24-16-23(17-27-24)30-26(29)28-22-6-4-3-5-7-22/h3-15,23-25,27H,16-17H2,1-2H3,(H,28,29)/t23-,24-/m1/s1. The molecule has 0 unspecified atom stereocenters. The number of benzene rings is 3. The van der Waals surface area contributed by atoms with E-state index in [1.165, 1.54) is 22.3 Å². The number of anilines is 1. The van der Waals surface area contributed by atoms with Crippen molar-refractivity contribution in [1.29, 1.82) is 0 Å². The van der Waals surface area contributed by atoms with Gasteiger partial charge in [0.2, 0.25) is 0 Å². The summed E-state index contributed by atoms with van der Waals surface area (Å²) >= 11 is 0. The van der Waals surface area contributed by atoms with Crippen molar-refractivity contribution < 1.29 is 9.53 Å². The number of carbonyl (C=O) groups is 1. The minimum atomic E-state index is -0.407. The van der Waals surface area contributed by atoms with Crippen LogP contribution in [0.2, 0.25) is 0 Å². The van der Waals surface area contributed by atoms with Gasteiger partial charge < -0.3 is 10.1 Å². The third kappa shape index (κ3) is 4.89. The Labute approximate surface area is 178 Å². The number of carbonyl (C=O) groups excluding carboxylic acids is 1. The van der Waals surface area contributed by atoms with Crippen LogP contribution in [-0.4, -0.2) is 24.8 Å². The molecule has 4 nitrogen and oxygen atoms in total. The first-order chi connectivity index (χ1) is 14.6. The van der Waals surface area contributed by atoms with Crippen LogP contribution in [-0.2, 0) is 4.74 Å². The highest BCUT2D eigenvalue weighted by molar-refractivity contribution is 5.84. The summed E-state index contributed by atoms with van der Waals surface area (Å²) in [6.45, 7) is 4.86. The van der Waals surface area contributed by atoms with E-state index in [-0.39, 0.29) is 18.1 Å². The Morgan fingerprint density at radius 1 is 0.900 bits per heavy atom. The minimum absolute atomic E-state index is 0.155. The first-order valence-corrected chi connectivity index (χ1v) is 10.5. The summed E-state index contributed by atoms with van der Waals surface area (Å²) in [7, 11) is 0. The lowest BCUT2D eigenvalue weighted by atomic mass is 9.83. The minimum Gasteiger partial charge on any atom is -0.445 e. The smallest absolute Gasteiger partial charge is 0.411 e. The molecular weight excluding hydrogens is 372 g/mol. The molecule has 30 heavy (non-hydrogen) atoms. The second kappa shape index (κ2) is 9.14. The molecule has 1 aliphatic rings. The van der Waals surface area contributed by atoms with Gasteiger partial charge in [-0.05, 0) is 37.1 Å². The summed E-state index contributed by atoms with van der Waals surface area (Å²) in [5.74, 6) is 0.206. The van der Waals surface area contributed by atoms with Gasteiger partial charge in [-0.3, -0.25) is 5.32 Å². The molecule has 0 aromatic heterocycles. The Hall–Kier alpha value is -3.11. The summed E-state index contributed by atoms with van der Waals surface area (Å²) < 4.78 is 5.69. The molecular formula is C26H28N2O2. The highest BCUT2D eigenvalue weighted by Crippen LogP contribution is 2.33. The van der Waals surface area contributed by atoms with E-state index in [9.17, 15) is 4.79 Å². The molecule has 0 bridgehead atoms. The first-order valence-electron chi connectivity index (χ1n) is 10.5. The van der Waals surface area contributed by atoms with Gasteiger partial charge in [0.05, 0.1) is 0 Å². The summed E-state index contributed by atoms with van der Waals surface area (Å²) in [6, 6.07) is 27.0. The summed E-state index contributed by atoms with van der Waals surface area (Å²) in [5, 5.41) is 6.40. The molecule has 3 aromatic carbocycles. The normalized spacial score (nSPS) is 18.4. The maximum absolute atomic E-state index is 12.3. The Balaban J connectivity index is 1.47. The molecule has 4 rings (SSSR count). The maximum atomic E-state index is 12.3. The van der Waals surface area contributed by atoms with Gasteiger partial charge in [0.25, 0.3) is 0 Å². The van der Waals surface area contributed by atoms with Crippen LogP contribution in [0, 0.1) is 13.8 Å². The molecule has 1 heterocycles. The molecule has 3 aromatic rings. The fourth-order valence-corrected chi connectivity index (χ4v) is 4.10. The summed E-state index contributed by atoms with van der Waals surface area (Å²) in [5.41, 5.74) is 5.79. The number of rotatable bonds is 5. The van der Waals surface area contributed by atoms with Crippen molar-refractivity contribution >= 4 is 11.8 Å². The Bertz CT molecular complexity index is 923. The van der Waals surface area contributed by atoms with Crippen molar-refractivity contribution in [2.45, 2.75) is 38.3 Å². The second-order valence-corrected chi connectivity index (χ2v) is 8.07. The van der Waals surface area contributed by atoms with Crippen molar-refractivity contribution in [2.24, 2.45) is 0 Å². The lowest BCUT2D eigenvalue weighted by molar-refractivity contribution is 0.119. The number of ether oxygens (including phenoxy) is 1. The first kappa shape index (κ1) is 20.2. The third-order valence-electron chi connectivity index (χ3n) is 5.69. The van der Waals surface area contributed by atoms with Gasteiger partial charge in [0.15, 0.2) is 0 Å². The number of para-hydroxylation sites is 1. The highest BCUT2D eigenvalue weighted by atomic mass is 16.6. The van der Waals surface area contributed by atoms with Crippen LogP contribution in [0.5, 0.6) is 0 Å². The fraction of sp³-hybridized carbons (Fsp3) is 0.269. The Kier molecular flexibility index (Phi) is 6.15. The number of hydrogen-bond acceptors (Lipinski definition) is 3. The van der Waals surface area contributed by atoms with Gasteiger partial charge in [-0.2, -0.15) is 0 Å². The third-order valence-corrected chi connectivity index (χ3v) is 5.69. The van der Waals surface area contributed by atoms with Crippen molar-refractivity contribution in [1.82, 2.24) is 5.32 Å². The molecule has 1 saturated heterocycles. The van der Waals surface area contributed by atoms with Gasteiger partial charge in [0.1, 0.15) is 6.10 Å². The van der Waals surface area contributed by atoms with Crippen LogP contribution in [0.3, 0.4) is 0 Å². The van der Waals surface area contributed by atoms with E-state index in [4.69, 9.17) is 4.74 Å². The van der Waals surface area contributed by atoms with Crippen LogP contribution in [0.25, 0.3) is 0 Å². The molecule has 1 fully saturated rings. The number of nitrogens with one attached hydrogen (secondary N) is 2. The average Bonchev–Trinajstić information content (AvgIpc) is 3.19. The van der Waals surface area contributed by atoms with E-state index in [1.54, 1.807) is 0 Å². The van der Waals surface area contributed by atoms with Crippen LogP contribution in [0.4, 0.5) is 10.5 Å². The topological polar surface area (TPSA) is 50.4 Å². The Morgan fingerprint density at radius 3 is 2.03 bits per heavy atom. The van der Waals surface area contributed by atoms with Gasteiger partial charge in [-0.15, -0.1) is 0 Å². The van der Waals surface area contributed by atoms with Crippen LogP contribution >= 0.6 is 0 Å². The highest BCUT2D eigenvalue weighted by Gasteiger charge is 2.34. The molecule has 154 valence electrons.